The molecule has 1 atom stereocenters. The summed E-state index contributed by atoms with van der Waals surface area (Å²) in [6, 6.07) is 8.77. The van der Waals surface area contributed by atoms with Crippen LogP contribution in [0, 0.1) is 0 Å². The molecule has 2 heterocycles. The van der Waals surface area contributed by atoms with Crippen LogP contribution in [0.15, 0.2) is 48.8 Å². The van der Waals surface area contributed by atoms with Gasteiger partial charge in [-0.15, -0.1) is 0 Å². The first-order valence-electron chi connectivity index (χ1n) is 5.54. The van der Waals surface area contributed by atoms with E-state index in [0.29, 0.717) is 5.69 Å². The quantitative estimate of drug-likeness (QED) is 0.813. The average Bonchev–Trinajstić information content (AvgIpc) is 2.46. The number of aromatic nitrogens is 2. The number of amides is 1. The molecule has 0 radical (unpaired) electrons. The summed E-state index contributed by atoms with van der Waals surface area (Å²) in [4.78, 5) is 31.0. The highest BCUT2D eigenvalue weighted by Gasteiger charge is 2.25. The standard InChI is InChI=1S/C13H11N3O3/c17-12(10-6-2-4-8-15-10)11(16-13(18)19)9-5-1-3-7-14-9/h1-8,11,16H,(H,18,19). The molecule has 1 amide bonds. The zero-order valence-corrected chi connectivity index (χ0v) is 9.85. The number of rotatable bonds is 4. The van der Waals surface area contributed by atoms with Crippen molar-refractivity contribution in [3.8, 4) is 0 Å². The van der Waals surface area contributed by atoms with Crippen LogP contribution in [0.4, 0.5) is 4.79 Å². The van der Waals surface area contributed by atoms with Crippen LogP contribution in [-0.4, -0.2) is 27.0 Å². The van der Waals surface area contributed by atoms with Crippen molar-refractivity contribution in [1.29, 1.82) is 0 Å². The van der Waals surface area contributed by atoms with Crippen molar-refractivity contribution in [2.24, 2.45) is 0 Å². The second-order valence-electron chi connectivity index (χ2n) is 3.72. The largest absolute Gasteiger partial charge is 0.465 e. The van der Waals surface area contributed by atoms with Crippen LogP contribution in [0.2, 0.25) is 0 Å². The van der Waals surface area contributed by atoms with Gasteiger partial charge in [-0.1, -0.05) is 12.1 Å². The maximum absolute atomic E-state index is 12.3. The minimum absolute atomic E-state index is 0.187. The van der Waals surface area contributed by atoms with Gasteiger partial charge in [-0.3, -0.25) is 14.8 Å². The summed E-state index contributed by atoms with van der Waals surface area (Å²) in [5.41, 5.74) is 0.521. The number of nitrogens with one attached hydrogen (secondary N) is 1. The lowest BCUT2D eigenvalue weighted by Crippen LogP contribution is -2.33. The molecule has 0 spiro atoms. The van der Waals surface area contributed by atoms with Crippen LogP contribution < -0.4 is 5.32 Å². The second kappa shape index (κ2) is 5.72. The van der Waals surface area contributed by atoms with Crippen molar-refractivity contribution in [3.63, 3.8) is 0 Å². The first-order valence-corrected chi connectivity index (χ1v) is 5.54. The number of ketones is 1. The van der Waals surface area contributed by atoms with Crippen molar-refractivity contribution >= 4 is 11.9 Å². The van der Waals surface area contributed by atoms with Gasteiger partial charge in [0.15, 0.2) is 0 Å². The van der Waals surface area contributed by atoms with Crippen molar-refractivity contribution < 1.29 is 14.7 Å². The number of Topliss-reactive ketones (excluding diaryl/α,β-unsaturated/α-hetero) is 1. The Bertz CT molecular complexity index is 572. The molecule has 2 aromatic heterocycles. The van der Waals surface area contributed by atoms with E-state index in [1.165, 1.54) is 18.5 Å². The van der Waals surface area contributed by atoms with Gasteiger partial charge in [0, 0.05) is 12.4 Å². The molecular weight excluding hydrogens is 246 g/mol. The Hall–Kier alpha value is -2.76. The van der Waals surface area contributed by atoms with Crippen molar-refractivity contribution in [2.75, 3.05) is 0 Å². The molecule has 6 heteroatoms. The zero-order chi connectivity index (χ0) is 13.7. The lowest BCUT2D eigenvalue weighted by molar-refractivity contribution is 0.0929. The van der Waals surface area contributed by atoms with Crippen LogP contribution in [0.5, 0.6) is 0 Å². The molecule has 0 saturated heterocycles. The Labute approximate surface area is 109 Å². The molecule has 2 rings (SSSR count). The van der Waals surface area contributed by atoms with E-state index in [0.717, 1.165) is 0 Å². The molecule has 96 valence electrons. The topological polar surface area (TPSA) is 92.2 Å². The fourth-order valence-corrected chi connectivity index (χ4v) is 1.60. The SMILES string of the molecule is O=C(O)NC(C(=O)c1ccccn1)c1ccccn1. The summed E-state index contributed by atoms with van der Waals surface area (Å²) in [6.45, 7) is 0. The number of carbonyl (C=O) groups is 2. The molecule has 0 aliphatic rings. The molecular formula is C13H11N3O3. The molecule has 2 aromatic rings. The molecule has 2 N–H and O–H groups in total. The van der Waals surface area contributed by atoms with Crippen LogP contribution >= 0.6 is 0 Å². The van der Waals surface area contributed by atoms with Crippen molar-refractivity contribution in [1.82, 2.24) is 15.3 Å². The van der Waals surface area contributed by atoms with Gasteiger partial charge in [0.05, 0.1) is 5.69 Å². The normalized spacial score (nSPS) is 11.6. The first-order chi connectivity index (χ1) is 9.18. The van der Waals surface area contributed by atoms with E-state index in [1.807, 2.05) is 0 Å². The van der Waals surface area contributed by atoms with E-state index in [-0.39, 0.29) is 5.69 Å². The molecule has 0 aromatic carbocycles. The van der Waals surface area contributed by atoms with Gasteiger partial charge in [0.1, 0.15) is 11.7 Å². The minimum Gasteiger partial charge on any atom is -0.465 e. The Balaban J connectivity index is 2.33. The monoisotopic (exact) mass is 257 g/mol. The van der Waals surface area contributed by atoms with Crippen LogP contribution in [0.25, 0.3) is 0 Å². The predicted molar refractivity (Wildman–Crippen MR) is 66.7 cm³/mol. The second-order valence-corrected chi connectivity index (χ2v) is 3.72. The van der Waals surface area contributed by atoms with Gasteiger partial charge in [-0.05, 0) is 24.3 Å². The van der Waals surface area contributed by atoms with Crippen molar-refractivity contribution in [2.45, 2.75) is 6.04 Å². The number of carbonyl (C=O) groups excluding carboxylic acids is 1. The van der Waals surface area contributed by atoms with Crippen LogP contribution in [0.3, 0.4) is 0 Å². The highest BCUT2D eigenvalue weighted by Crippen LogP contribution is 2.15. The number of nitrogens with zero attached hydrogens (tertiary/aromatic N) is 2. The Morgan fingerprint density at radius 3 is 2.26 bits per heavy atom. The fraction of sp³-hybridized carbons (Fsp3) is 0.0769. The average molecular weight is 257 g/mol. The van der Waals surface area contributed by atoms with E-state index in [2.05, 4.69) is 15.3 Å². The van der Waals surface area contributed by atoms with Gasteiger partial charge >= 0.3 is 6.09 Å². The van der Waals surface area contributed by atoms with Crippen LogP contribution in [0.1, 0.15) is 22.2 Å². The molecule has 0 saturated carbocycles. The third-order valence-electron chi connectivity index (χ3n) is 2.43. The molecule has 6 nitrogen and oxygen atoms in total. The lowest BCUT2D eigenvalue weighted by atomic mass is 10.1. The lowest BCUT2D eigenvalue weighted by Gasteiger charge is -2.14. The molecule has 0 fully saturated rings. The summed E-state index contributed by atoms with van der Waals surface area (Å²) in [5, 5.41) is 11.0. The van der Waals surface area contributed by atoms with E-state index < -0.39 is 17.9 Å². The first kappa shape index (κ1) is 12.7. The van der Waals surface area contributed by atoms with Crippen LogP contribution in [-0.2, 0) is 0 Å². The number of carboxylic acid groups (broad SMARTS) is 1. The highest BCUT2D eigenvalue weighted by atomic mass is 16.4. The predicted octanol–water partition coefficient (Wildman–Crippen LogP) is 1.67. The molecule has 0 aliphatic carbocycles. The third-order valence-corrected chi connectivity index (χ3v) is 2.43. The Morgan fingerprint density at radius 2 is 1.74 bits per heavy atom. The summed E-state index contributed by atoms with van der Waals surface area (Å²) >= 11 is 0. The summed E-state index contributed by atoms with van der Waals surface area (Å²) < 4.78 is 0. The maximum atomic E-state index is 12.3. The number of hydrogen-bond acceptors (Lipinski definition) is 4. The van der Waals surface area contributed by atoms with Gasteiger partial charge < -0.3 is 10.4 Å². The molecule has 0 bridgehead atoms. The summed E-state index contributed by atoms with van der Waals surface area (Å²) in [6.07, 6.45) is 1.68. The Kier molecular flexibility index (Phi) is 3.82. The summed E-state index contributed by atoms with van der Waals surface area (Å²) in [7, 11) is 0. The minimum atomic E-state index is -1.29. The highest BCUT2D eigenvalue weighted by molar-refractivity contribution is 6.00. The van der Waals surface area contributed by atoms with Gasteiger partial charge in [0.25, 0.3) is 0 Å². The van der Waals surface area contributed by atoms with Gasteiger partial charge in [-0.2, -0.15) is 0 Å². The Morgan fingerprint density at radius 1 is 1.05 bits per heavy atom. The number of hydrogen-bond donors (Lipinski definition) is 2. The van der Waals surface area contributed by atoms with E-state index in [1.54, 1.807) is 30.3 Å². The maximum Gasteiger partial charge on any atom is 0.405 e. The van der Waals surface area contributed by atoms with E-state index in [4.69, 9.17) is 5.11 Å². The van der Waals surface area contributed by atoms with Gasteiger partial charge in [0.2, 0.25) is 5.78 Å². The fourth-order valence-electron chi connectivity index (χ4n) is 1.60. The smallest absolute Gasteiger partial charge is 0.405 e. The van der Waals surface area contributed by atoms with Gasteiger partial charge in [-0.25, -0.2) is 4.79 Å². The summed E-state index contributed by atoms with van der Waals surface area (Å²) in [5.74, 6) is -0.443. The van der Waals surface area contributed by atoms with Crippen molar-refractivity contribution in [3.05, 3.63) is 60.2 Å². The molecule has 19 heavy (non-hydrogen) atoms. The van der Waals surface area contributed by atoms with E-state index >= 15 is 0 Å². The molecule has 1 unspecified atom stereocenters. The zero-order valence-electron chi connectivity index (χ0n) is 9.85. The van der Waals surface area contributed by atoms with E-state index in [9.17, 15) is 9.59 Å². The third kappa shape index (κ3) is 3.12. The molecule has 0 aliphatic heterocycles. The number of pyridine rings is 2.